The Hall–Kier alpha value is -2.29. The Labute approximate surface area is 127 Å². The Morgan fingerprint density at radius 1 is 1.43 bits per heavy atom. The summed E-state index contributed by atoms with van der Waals surface area (Å²) in [4.78, 5) is 12.9. The van der Waals surface area contributed by atoms with Gasteiger partial charge in [0.2, 0.25) is 0 Å². The van der Waals surface area contributed by atoms with E-state index in [0.29, 0.717) is 16.3 Å². The predicted molar refractivity (Wildman–Crippen MR) is 85.9 cm³/mol. The highest BCUT2D eigenvalue weighted by atomic mass is 32.1. The molecule has 1 aromatic heterocycles. The average molecular weight is 300 g/mol. The Kier molecular flexibility index (Phi) is 4.99. The minimum atomic E-state index is -0.207. The molecule has 0 saturated heterocycles. The van der Waals surface area contributed by atoms with Crippen LogP contribution in [0, 0.1) is 18.8 Å². The van der Waals surface area contributed by atoms with Crippen LogP contribution in [0.5, 0.6) is 5.75 Å². The first-order valence-electron chi connectivity index (χ1n) is 6.38. The van der Waals surface area contributed by atoms with Crippen LogP contribution in [0.3, 0.4) is 0 Å². The topological polar surface area (TPSA) is 64.3 Å². The molecule has 1 amide bonds. The standard InChI is InChI=1S/C16H16N2O2S/c1-11-5-6-13(12(10-11)4-3-8-17)18-16(19)15-14(20-2)7-9-21-15/h5-7,9-10H,8,17H2,1-2H3,(H,18,19). The van der Waals surface area contributed by atoms with Crippen molar-refractivity contribution in [2.75, 3.05) is 19.0 Å². The summed E-state index contributed by atoms with van der Waals surface area (Å²) < 4.78 is 5.16. The van der Waals surface area contributed by atoms with Gasteiger partial charge in [0.15, 0.2) is 0 Å². The molecule has 1 aromatic carbocycles. The number of carbonyl (C=O) groups excluding carboxylic acids is 1. The minimum absolute atomic E-state index is 0.207. The number of nitrogens with one attached hydrogen (secondary N) is 1. The van der Waals surface area contributed by atoms with Gasteiger partial charge in [0.1, 0.15) is 10.6 Å². The van der Waals surface area contributed by atoms with E-state index in [1.807, 2.05) is 30.5 Å². The van der Waals surface area contributed by atoms with Crippen LogP contribution < -0.4 is 15.8 Å². The van der Waals surface area contributed by atoms with Crippen molar-refractivity contribution in [1.29, 1.82) is 0 Å². The lowest BCUT2D eigenvalue weighted by molar-refractivity contribution is 0.102. The van der Waals surface area contributed by atoms with E-state index in [1.165, 1.54) is 11.3 Å². The number of rotatable bonds is 3. The summed E-state index contributed by atoms with van der Waals surface area (Å²) >= 11 is 1.34. The Morgan fingerprint density at radius 3 is 2.95 bits per heavy atom. The number of methoxy groups -OCH3 is 1. The molecular formula is C16H16N2O2S. The third-order valence-corrected chi connectivity index (χ3v) is 3.70. The van der Waals surface area contributed by atoms with E-state index in [-0.39, 0.29) is 12.5 Å². The molecule has 0 radical (unpaired) electrons. The summed E-state index contributed by atoms with van der Waals surface area (Å²) in [6.45, 7) is 2.25. The normalized spacial score (nSPS) is 9.67. The second-order valence-electron chi connectivity index (χ2n) is 4.33. The van der Waals surface area contributed by atoms with E-state index in [9.17, 15) is 4.79 Å². The van der Waals surface area contributed by atoms with Crippen molar-refractivity contribution in [3.8, 4) is 17.6 Å². The number of carbonyl (C=O) groups is 1. The van der Waals surface area contributed by atoms with Crippen molar-refractivity contribution in [3.05, 3.63) is 45.6 Å². The summed E-state index contributed by atoms with van der Waals surface area (Å²) in [6.07, 6.45) is 0. The molecule has 108 valence electrons. The van der Waals surface area contributed by atoms with Crippen LogP contribution in [0.25, 0.3) is 0 Å². The van der Waals surface area contributed by atoms with Crippen molar-refractivity contribution in [2.24, 2.45) is 5.73 Å². The van der Waals surface area contributed by atoms with E-state index in [4.69, 9.17) is 10.5 Å². The van der Waals surface area contributed by atoms with E-state index < -0.39 is 0 Å². The number of thiophene rings is 1. The van der Waals surface area contributed by atoms with Gasteiger partial charge in [0.25, 0.3) is 5.91 Å². The lowest BCUT2D eigenvalue weighted by atomic mass is 10.1. The molecule has 0 spiro atoms. The molecule has 0 bridgehead atoms. The number of benzene rings is 1. The van der Waals surface area contributed by atoms with Crippen LogP contribution in [0.1, 0.15) is 20.8 Å². The van der Waals surface area contributed by atoms with Crippen LogP contribution in [0.4, 0.5) is 5.69 Å². The van der Waals surface area contributed by atoms with Gasteiger partial charge in [-0.1, -0.05) is 17.9 Å². The largest absolute Gasteiger partial charge is 0.495 e. The molecule has 1 heterocycles. The molecule has 4 nitrogen and oxygen atoms in total. The van der Waals surface area contributed by atoms with Crippen LogP contribution in [-0.2, 0) is 0 Å². The SMILES string of the molecule is COc1ccsc1C(=O)Nc1ccc(C)cc1C#CCN. The maximum atomic E-state index is 12.3. The molecule has 0 atom stereocenters. The molecular weight excluding hydrogens is 284 g/mol. The fraction of sp³-hybridized carbons (Fsp3) is 0.188. The Balaban J connectivity index is 2.29. The summed E-state index contributed by atoms with van der Waals surface area (Å²) in [5.74, 6) is 6.14. The number of hydrogen-bond donors (Lipinski definition) is 2. The number of nitrogens with two attached hydrogens (primary N) is 1. The van der Waals surface area contributed by atoms with Gasteiger partial charge in [-0.25, -0.2) is 0 Å². The number of hydrogen-bond acceptors (Lipinski definition) is 4. The summed E-state index contributed by atoms with van der Waals surface area (Å²) in [6, 6.07) is 7.45. The molecule has 2 aromatic rings. The van der Waals surface area contributed by atoms with E-state index in [2.05, 4.69) is 17.2 Å². The quantitative estimate of drug-likeness (QED) is 0.856. The summed E-state index contributed by atoms with van der Waals surface area (Å²) in [5.41, 5.74) is 7.90. The van der Waals surface area contributed by atoms with Gasteiger partial charge >= 0.3 is 0 Å². The fourth-order valence-corrected chi connectivity index (χ4v) is 2.57. The first-order valence-corrected chi connectivity index (χ1v) is 7.26. The zero-order chi connectivity index (χ0) is 15.2. The fourth-order valence-electron chi connectivity index (χ4n) is 1.82. The van der Waals surface area contributed by atoms with Crippen LogP contribution in [-0.4, -0.2) is 19.6 Å². The van der Waals surface area contributed by atoms with Gasteiger partial charge < -0.3 is 15.8 Å². The maximum absolute atomic E-state index is 12.3. The van der Waals surface area contributed by atoms with E-state index in [1.54, 1.807) is 13.2 Å². The monoisotopic (exact) mass is 300 g/mol. The summed E-state index contributed by atoms with van der Waals surface area (Å²) in [7, 11) is 1.54. The van der Waals surface area contributed by atoms with Crippen molar-refractivity contribution >= 4 is 22.9 Å². The molecule has 3 N–H and O–H groups in total. The van der Waals surface area contributed by atoms with Gasteiger partial charge in [0, 0.05) is 5.56 Å². The zero-order valence-corrected chi connectivity index (χ0v) is 12.7. The molecule has 0 aliphatic carbocycles. The second kappa shape index (κ2) is 6.93. The molecule has 0 aliphatic rings. The Morgan fingerprint density at radius 2 is 2.24 bits per heavy atom. The van der Waals surface area contributed by atoms with Gasteiger partial charge in [-0.2, -0.15) is 0 Å². The molecule has 2 rings (SSSR count). The van der Waals surface area contributed by atoms with Crippen LogP contribution in [0.2, 0.25) is 0 Å². The predicted octanol–water partition coefficient (Wildman–Crippen LogP) is 2.63. The highest BCUT2D eigenvalue weighted by Crippen LogP contribution is 2.26. The second-order valence-corrected chi connectivity index (χ2v) is 5.24. The molecule has 0 saturated carbocycles. The van der Waals surface area contributed by atoms with Crippen molar-refractivity contribution in [1.82, 2.24) is 0 Å². The lowest BCUT2D eigenvalue weighted by Gasteiger charge is -2.08. The van der Waals surface area contributed by atoms with Gasteiger partial charge in [-0.05, 0) is 36.1 Å². The Bertz CT molecular complexity index is 711. The minimum Gasteiger partial charge on any atom is -0.495 e. The van der Waals surface area contributed by atoms with Crippen LogP contribution >= 0.6 is 11.3 Å². The number of amides is 1. The maximum Gasteiger partial charge on any atom is 0.269 e. The van der Waals surface area contributed by atoms with Gasteiger partial charge in [0.05, 0.1) is 19.3 Å². The summed E-state index contributed by atoms with van der Waals surface area (Å²) in [5, 5.41) is 4.69. The van der Waals surface area contributed by atoms with Crippen molar-refractivity contribution in [3.63, 3.8) is 0 Å². The van der Waals surface area contributed by atoms with Crippen LogP contribution in [0.15, 0.2) is 29.6 Å². The third kappa shape index (κ3) is 3.63. The van der Waals surface area contributed by atoms with Crippen molar-refractivity contribution < 1.29 is 9.53 Å². The molecule has 21 heavy (non-hydrogen) atoms. The molecule has 0 aliphatic heterocycles. The van der Waals surface area contributed by atoms with Gasteiger partial charge in [-0.3, -0.25) is 4.79 Å². The first-order chi connectivity index (χ1) is 10.2. The average Bonchev–Trinajstić information content (AvgIpc) is 2.96. The zero-order valence-electron chi connectivity index (χ0n) is 11.9. The van der Waals surface area contributed by atoms with E-state index >= 15 is 0 Å². The van der Waals surface area contributed by atoms with Crippen molar-refractivity contribution in [2.45, 2.75) is 6.92 Å². The molecule has 5 heteroatoms. The van der Waals surface area contributed by atoms with E-state index in [0.717, 1.165) is 11.1 Å². The number of anilines is 1. The number of ether oxygens (including phenoxy) is 1. The molecule has 0 fully saturated rings. The first kappa shape index (κ1) is 15.1. The highest BCUT2D eigenvalue weighted by molar-refractivity contribution is 7.12. The molecule has 0 unspecified atom stereocenters. The van der Waals surface area contributed by atoms with Gasteiger partial charge in [-0.15, -0.1) is 11.3 Å². The number of aryl methyl sites for hydroxylation is 1. The third-order valence-electron chi connectivity index (χ3n) is 2.80. The highest BCUT2D eigenvalue weighted by Gasteiger charge is 2.15. The lowest BCUT2D eigenvalue weighted by Crippen LogP contribution is -2.12. The smallest absolute Gasteiger partial charge is 0.269 e.